The topological polar surface area (TPSA) is 98.6 Å². The second kappa shape index (κ2) is 7.36. The molecule has 0 radical (unpaired) electrons. The SMILES string of the molecule is COC(OC)[C@H]1CC(c2csc3c(S(=O)(=O)C(C)(C)C)ncnc23)C[C@@H]1O. The Morgan fingerprint density at radius 1 is 1.22 bits per heavy atom. The molecule has 1 saturated carbocycles. The van der Waals surface area contributed by atoms with Crippen molar-refractivity contribution in [2.24, 2.45) is 5.92 Å². The van der Waals surface area contributed by atoms with Crippen molar-refractivity contribution in [3.8, 4) is 0 Å². The molecule has 3 atom stereocenters. The van der Waals surface area contributed by atoms with E-state index < -0.39 is 27.0 Å². The number of aliphatic hydroxyl groups is 1. The van der Waals surface area contributed by atoms with Crippen LogP contribution in [-0.2, 0) is 19.3 Å². The maximum atomic E-state index is 12.9. The van der Waals surface area contributed by atoms with Gasteiger partial charge in [-0.1, -0.05) is 0 Å². The summed E-state index contributed by atoms with van der Waals surface area (Å²) in [6.07, 6.45) is 1.54. The minimum absolute atomic E-state index is 0.0617. The lowest BCUT2D eigenvalue weighted by atomic mass is 9.97. The number of sulfone groups is 1. The van der Waals surface area contributed by atoms with Crippen molar-refractivity contribution in [3.63, 3.8) is 0 Å². The molecule has 0 bridgehead atoms. The lowest BCUT2D eigenvalue weighted by Crippen LogP contribution is -2.30. The van der Waals surface area contributed by atoms with Crippen LogP contribution in [0.4, 0.5) is 0 Å². The minimum atomic E-state index is -3.59. The molecule has 1 N–H and O–H groups in total. The minimum Gasteiger partial charge on any atom is -0.393 e. The van der Waals surface area contributed by atoms with Crippen LogP contribution in [-0.4, -0.2) is 54.9 Å². The Labute approximate surface area is 163 Å². The first kappa shape index (κ1) is 20.6. The molecule has 0 aromatic carbocycles. The van der Waals surface area contributed by atoms with Crippen molar-refractivity contribution in [1.29, 1.82) is 0 Å². The van der Waals surface area contributed by atoms with Crippen LogP contribution < -0.4 is 0 Å². The van der Waals surface area contributed by atoms with Gasteiger partial charge in [0.25, 0.3) is 0 Å². The standard InChI is InChI=1S/C18H26N2O5S2/c1-18(2,3)27(22,23)16-15-14(19-9-20-16)12(8-26-15)10-6-11(13(21)7-10)17(24-4)25-5/h8-11,13,17,21H,6-7H2,1-5H3/t10?,11-,13-/m0/s1. The van der Waals surface area contributed by atoms with Crippen LogP contribution >= 0.6 is 11.3 Å². The highest BCUT2D eigenvalue weighted by Crippen LogP contribution is 2.45. The van der Waals surface area contributed by atoms with Gasteiger partial charge in [-0.05, 0) is 50.5 Å². The fraction of sp³-hybridized carbons (Fsp3) is 0.667. The van der Waals surface area contributed by atoms with Crippen molar-refractivity contribution in [2.75, 3.05) is 14.2 Å². The number of nitrogens with zero attached hydrogens (tertiary/aromatic N) is 2. The van der Waals surface area contributed by atoms with Gasteiger partial charge < -0.3 is 14.6 Å². The molecule has 2 aromatic heterocycles. The molecule has 3 rings (SSSR count). The predicted octanol–water partition coefficient (Wildman–Crippen LogP) is 2.74. The van der Waals surface area contributed by atoms with Gasteiger partial charge in [0.2, 0.25) is 9.84 Å². The molecule has 0 spiro atoms. The van der Waals surface area contributed by atoms with Gasteiger partial charge in [-0.3, -0.25) is 0 Å². The molecule has 1 aliphatic rings. The third kappa shape index (κ3) is 3.51. The van der Waals surface area contributed by atoms with Crippen LogP contribution in [0, 0.1) is 5.92 Å². The van der Waals surface area contributed by atoms with Gasteiger partial charge in [-0.25, -0.2) is 18.4 Å². The zero-order valence-corrected chi connectivity index (χ0v) is 17.8. The first-order valence-electron chi connectivity index (χ1n) is 8.82. The molecular weight excluding hydrogens is 388 g/mol. The second-order valence-corrected chi connectivity index (χ2v) is 11.4. The molecule has 2 heterocycles. The molecule has 2 aromatic rings. The van der Waals surface area contributed by atoms with E-state index in [1.165, 1.54) is 17.7 Å². The molecule has 27 heavy (non-hydrogen) atoms. The maximum Gasteiger partial charge on any atom is 0.202 e. The van der Waals surface area contributed by atoms with Crippen LogP contribution in [0.2, 0.25) is 0 Å². The highest BCUT2D eigenvalue weighted by molar-refractivity contribution is 7.93. The Morgan fingerprint density at radius 2 is 1.89 bits per heavy atom. The smallest absolute Gasteiger partial charge is 0.202 e. The summed E-state index contributed by atoms with van der Waals surface area (Å²) in [6, 6.07) is 0. The van der Waals surface area contributed by atoms with E-state index in [0.29, 0.717) is 23.1 Å². The van der Waals surface area contributed by atoms with Crippen molar-refractivity contribution >= 4 is 31.4 Å². The molecule has 1 unspecified atom stereocenters. The number of fused-ring (bicyclic) bond motifs is 1. The van der Waals surface area contributed by atoms with Crippen molar-refractivity contribution < 1.29 is 23.0 Å². The lowest BCUT2D eigenvalue weighted by Gasteiger charge is -2.23. The summed E-state index contributed by atoms with van der Waals surface area (Å²) < 4.78 is 36.1. The molecule has 9 heteroatoms. The zero-order chi connectivity index (χ0) is 20.0. The summed E-state index contributed by atoms with van der Waals surface area (Å²) in [5.74, 6) is -0.0776. The van der Waals surface area contributed by atoms with E-state index in [1.807, 2.05) is 5.38 Å². The molecule has 0 saturated heterocycles. The molecule has 7 nitrogen and oxygen atoms in total. The maximum absolute atomic E-state index is 12.9. The monoisotopic (exact) mass is 414 g/mol. The quantitative estimate of drug-likeness (QED) is 0.593. The van der Waals surface area contributed by atoms with E-state index in [1.54, 1.807) is 35.0 Å². The van der Waals surface area contributed by atoms with Crippen molar-refractivity contribution in [3.05, 3.63) is 17.3 Å². The summed E-state index contributed by atoms with van der Waals surface area (Å²) in [7, 11) is -0.465. The summed E-state index contributed by atoms with van der Waals surface area (Å²) >= 11 is 1.34. The van der Waals surface area contributed by atoms with E-state index in [9.17, 15) is 13.5 Å². The van der Waals surface area contributed by atoms with Gasteiger partial charge >= 0.3 is 0 Å². The first-order chi connectivity index (χ1) is 12.6. The molecule has 1 fully saturated rings. The summed E-state index contributed by atoms with van der Waals surface area (Å²) in [4.78, 5) is 8.46. The average Bonchev–Trinajstić information content (AvgIpc) is 3.18. The van der Waals surface area contributed by atoms with Gasteiger partial charge in [0.1, 0.15) is 6.33 Å². The van der Waals surface area contributed by atoms with E-state index in [2.05, 4.69) is 9.97 Å². The van der Waals surface area contributed by atoms with Gasteiger partial charge in [0.15, 0.2) is 11.3 Å². The van der Waals surface area contributed by atoms with Crippen molar-refractivity contribution in [2.45, 2.75) is 61.7 Å². The predicted molar refractivity (Wildman–Crippen MR) is 104 cm³/mol. The van der Waals surface area contributed by atoms with Crippen LogP contribution in [0.25, 0.3) is 10.2 Å². The van der Waals surface area contributed by atoms with Crippen LogP contribution in [0.1, 0.15) is 45.1 Å². The largest absolute Gasteiger partial charge is 0.393 e. The zero-order valence-electron chi connectivity index (χ0n) is 16.2. The summed E-state index contributed by atoms with van der Waals surface area (Å²) in [5.41, 5.74) is 1.61. The van der Waals surface area contributed by atoms with Gasteiger partial charge in [-0.15, -0.1) is 11.3 Å². The van der Waals surface area contributed by atoms with E-state index in [4.69, 9.17) is 9.47 Å². The van der Waals surface area contributed by atoms with Gasteiger partial charge in [0, 0.05) is 20.1 Å². The molecule has 1 aliphatic carbocycles. The Balaban J connectivity index is 2.01. The Hall–Kier alpha value is -1.13. The number of hydrogen-bond acceptors (Lipinski definition) is 8. The molecule has 0 amide bonds. The number of ether oxygens (including phenoxy) is 2. The fourth-order valence-corrected chi connectivity index (χ4v) is 6.22. The molecular formula is C18H26N2O5S2. The highest BCUT2D eigenvalue weighted by Gasteiger charge is 2.41. The first-order valence-corrected chi connectivity index (χ1v) is 11.2. The van der Waals surface area contributed by atoms with Crippen molar-refractivity contribution in [1.82, 2.24) is 9.97 Å². The van der Waals surface area contributed by atoms with Crippen LogP contribution in [0.3, 0.4) is 0 Å². The van der Waals surface area contributed by atoms with Gasteiger partial charge in [0.05, 0.1) is 21.1 Å². The summed E-state index contributed by atoms with van der Waals surface area (Å²) in [6.45, 7) is 5.00. The number of aliphatic hydroxyl groups excluding tert-OH is 1. The lowest BCUT2D eigenvalue weighted by molar-refractivity contribution is -0.154. The molecule has 150 valence electrons. The number of aromatic nitrogens is 2. The van der Waals surface area contributed by atoms with Crippen LogP contribution in [0.15, 0.2) is 16.7 Å². The Morgan fingerprint density at radius 3 is 2.48 bits per heavy atom. The van der Waals surface area contributed by atoms with E-state index >= 15 is 0 Å². The summed E-state index contributed by atoms with van der Waals surface area (Å²) in [5, 5.41) is 12.5. The number of thiophene rings is 1. The third-order valence-corrected chi connectivity index (χ3v) is 8.79. The third-order valence-electron chi connectivity index (χ3n) is 5.24. The Bertz CT molecular complexity index is 915. The average molecular weight is 415 g/mol. The fourth-order valence-electron chi connectivity index (χ4n) is 3.66. The number of hydrogen-bond donors (Lipinski definition) is 1. The number of methoxy groups -OCH3 is 2. The normalized spacial score (nSPS) is 24.2. The highest BCUT2D eigenvalue weighted by atomic mass is 32.2. The van der Waals surface area contributed by atoms with E-state index in [-0.39, 0.29) is 16.9 Å². The second-order valence-electron chi connectivity index (χ2n) is 7.90. The van der Waals surface area contributed by atoms with Gasteiger partial charge in [-0.2, -0.15) is 0 Å². The van der Waals surface area contributed by atoms with E-state index in [0.717, 1.165) is 5.56 Å². The number of rotatable bonds is 5. The Kier molecular flexibility index (Phi) is 5.62. The molecule has 0 aliphatic heterocycles. The van der Waals surface area contributed by atoms with Crippen LogP contribution in [0.5, 0.6) is 0 Å².